The lowest BCUT2D eigenvalue weighted by molar-refractivity contribution is -0.140. The van der Waals surface area contributed by atoms with Gasteiger partial charge in [-0.2, -0.15) is 0 Å². The van der Waals surface area contributed by atoms with E-state index in [4.69, 9.17) is 5.73 Å². The molecule has 2 heterocycles. The Morgan fingerprint density at radius 1 is 1.47 bits per heavy atom. The minimum atomic E-state index is -1.45. The van der Waals surface area contributed by atoms with Crippen LogP contribution in [0, 0.1) is 5.41 Å². The van der Waals surface area contributed by atoms with E-state index in [0.717, 1.165) is 6.54 Å². The first-order valence-electron chi connectivity index (χ1n) is 5.25. The van der Waals surface area contributed by atoms with E-state index in [1.807, 2.05) is 0 Å². The number of carbonyl (C=O) groups excluding carboxylic acids is 1. The van der Waals surface area contributed by atoms with Gasteiger partial charge < -0.3 is 21.5 Å². The zero-order valence-electron chi connectivity index (χ0n) is 9.42. The Kier molecular flexibility index (Phi) is 1.97. The Hall–Kier alpha value is -0.650. The first-order chi connectivity index (χ1) is 6.74. The molecule has 5 nitrogen and oxygen atoms in total. The van der Waals surface area contributed by atoms with Gasteiger partial charge >= 0.3 is 0 Å². The minimum Gasteiger partial charge on any atom is -0.377 e. The lowest BCUT2D eigenvalue weighted by Gasteiger charge is -2.56. The molecule has 0 radical (unpaired) electrons. The van der Waals surface area contributed by atoms with Gasteiger partial charge in [0.1, 0.15) is 0 Å². The first kappa shape index (κ1) is 10.9. The smallest absolute Gasteiger partial charge is 0.252 e. The van der Waals surface area contributed by atoms with Crippen molar-refractivity contribution in [3.05, 3.63) is 0 Å². The molecule has 5 N–H and O–H groups in total. The summed E-state index contributed by atoms with van der Waals surface area (Å²) in [6, 6.07) is -0.275. The summed E-state index contributed by atoms with van der Waals surface area (Å²) < 4.78 is 0. The van der Waals surface area contributed by atoms with Gasteiger partial charge in [0.2, 0.25) is 0 Å². The van der Waals surface area contributed by atoms with Gasteiger partial charge in [-0.05, 0) is 5.41 Å². The van der Waals surface area contributed by atoms with E-state index >= 15 is 0 Å². The topological polar surface area (TPSA) is 87.4 Å². The highest BCUT2D eigenvalue weighted by Gasteiger charge is 2.68. The van der Waals surface area contributed by atoms with Crippen LogP contribution in [0.2, 0.25) is 0 Å². The van der Waals surface area contributed by atoms with E-state index < -0.39 is 11.5 Å². The van der Waals surface area contributed by atoms with Gasteiger partial charge in [0.15, 0.2) is 5.60 Å². The zero-order valence-corrected chi connectivity index (χ0v) is 9.42. The summed E-state index contributed by atoms with van der Waals surface area (Å²) >= 11 is 0. The molecule has 1 amide bonds. The fourth-order valence-electron chi connectivity index (χ4n) is 2.74. The molecule has 0 aromatic carbocycles. The van der Waals surface area contributed by atoms with E-state index in [2.05, 4.69) is 31.4 Å². The Bertz CT molecular complexity index is 312. The maximum atomic E-state index is 11.3. The van der Waals surface area contributed by atoms with Crippen LogP contribution in [0.5, 0.6) is 0 Å². The van der Waals surface area contributed by atoms with Crippen molar-refractivity contribution in [2.75, 3.05) is 13.1 Å². The number of carbonyl (C=O) groups is 1. The quantitative estimate of drug-likeness (QED) is 0.430. The van der Waals surface area contributed by atoms with Crippen molar-refractivity contribution in [3.8, 4) is 0 Å². The summed E-state index contributed by atoms with van der Waals surface area (Å²) in [7, 11) is 0. The third kappa shape index (κ3) is 1.11. The third-order valence-corrected chi connectivity index (χ3v) is 3.99. The van der Waals surface area contributed by atoms with Crippen molar-refractivity contribution in [1.82, 2.24) is 10.6 Å². The number of nitrogens with two attached hydrogens (primary N) is 1. The van der Waals surface area contributed by atoms with Gasteiger partial charge in [-0.3, -0.25) is 4.79 Å². The van der Waals surface area contributed by atoms with E-state index in [1.54, 1.807) is 0 Å². The molecule has 2 rings (SSSR count). The summed E-state index contributed by atoms with van der Waals surface area (Å²) in [5.74, 6) is -0.654. The normalized spacial score (nSPS) is 44.7. The van der Waals surface area contributed by atoms with E-state index in [9.17, 15) is 9.90 Å². The molecule has 15 heavy (non-hydrogen) atoms. The lowest BCUT2D eigenvalue weighted by Crippen LogP contribution is -2.80. The standard InChI is InChI=1S/C10H19N3O2/c1-8(2,3)10-5-12-6(10)9(15,4-13-10)7(11)14/h6,12-13,15H,4-5H2,1-3H3,(H2,11,14)/t6-,9?,10-/m0/s1. The van der Waals surface area contributed by atoms with Crippen molar-refractivity contribution >= 4 is 5.91 Å². The molecular weight excluding hydrogens is 194 g/mol. The van der Waals surface area contributed by atoms with Gasteiger partial charge in [0.25, 0.3) is 5.91 Å². The van der Waals surface area contributed by atoms with Crippen LogP contribution in [-0.2, 0) is 4.79 Å². The second kappa shape index (κ2) is 2.72. The zero-order chi connectivity index (χ0) is 11.5. The number of hydrogen-bond donors (Lipinski definition) is 4. The average Bonchev–Trinajstić information content (AvgIpc) is 2.18. The monoisotopic (exact) mass is 213 g/mol. The van der Waals surface area contributed by atoms with Gasteiger partial charge in [-0.15, -0.1) is 0 Å². The lowest BCUT2D eigenvalue weighted by atomic mass is 9.63. The molecule has 0 bridgehead atoms. The number of fused-ring (bicyclic) bond motifs is 1. The molecule has 1 unspecified atom stereocenters. The Morgan fingerprint density at radius 3 is 2.33 bits per heavy atom. The molecule has 0 spiro atoms. The number of hydrogen-bond acceptors (Lipinski definition) is 4. The Morgan fingerprint density at radius 2 is 2.07 bits per heavy atom. The van der Waals surface area contributed by atoms with Crippen LogP contribution in [0.1, 0.15) is 20.8 Å². The Balaban J connectivity index is 2.33. The number of β-amino-alcohol motifs (C(OH)–C–C–N with tert-alkyl or cyclic N) is 1. The van der Waals surface area contributed by atoms with Crippen molar-refractivity contribution < 1.29 is 9.90 Å². The fraction of sp³-hybridized carbons (Fsp3) is 0.900. The van der Waals surface area contributed by atoms with Crippen molar-refractivity contribution in [2.24, 2.45) is 11.1 Å². The second-order valence-corrected chi connectivity index (χ2v) is 5.68. The van der Waals surface area contributed by atoms with Crippen LogP contribution >= 0.6 is 0 Å². The fourth-order valence-corrected chi connectivity index (χ4v) is 2.74. The molecule has 5 heteroatoms. The van der Waals surface area contributed by atoms with Gasteiger partial charge in [0, 0.05) is 13.1 Å². The van der Waals surface area contributed by atoms with E-state index in [0.29, 0.717) is 0 Å². The van der Waals surface area contributed by atoms with Crippen molar-refractivity contribution in [2.45, 2.75) is 38.0 Å². The van der Waals surface area contributed by atoms with E-state index in [1.165, 1.54) is 0 Å². The molecule has 0 aromatic heterocycles. The largest absolute Gasteiger partial charge is 0.377 e. The predicted molar refractivity (Wildman–Crippen MR) is 56.1 cm³/mol. The maximum absolute atomic E-state index is 11.3. The minimum absolute atomic E-state index is 0.0250. The molecule has 86 valence electrons. The summed E-state index contributed by atoms with van der Waals surface area (Å²) in [5, 5.41) is 16.6. The molecule has 3 atom stereocenters. The predicted octanol–water partition coefficient (Wildman–Crippen LogP) is -1.44. The SMILES string of the molecule is CC(C)(C)[C@]12CN[C@H]1C(O)(C(N)=O)CN2. The van der Waals surface area contributed by atoms with E-state index in [-0.39, 0.29) is 23.5 Å². The van der Waals surface area contributed by atoms with Gasteiger partial charge in [-0.1, -0.05) is 20.8 Å². The molecule has 0 aliphatic carbocycles. The maximum Gasteiger partial charge on any atom is 0.252 e. The van der Waals surface area contributed by atoms with Crippen LogP contribution in [0.25, 0.3) is 0 Å². The number of amides is 1. The molecule has 2 aliphatic rings. The molecular formula is C10H19N3O2. The summed E-state index contributed by atoms with van der Waals surface area (Å²) in [5.41, 5.74) is 3.55. The Labute approximate surface area is 89.4 Å². The number of nitrogens with one attached hydrogen (secondary N) is 2. The summed E-state index contributed by atoms with van der Waals surface area (Å²) in [6.45, 7) is 7.29. The molecule has 2 saturated heterocycles. The highest BCUT2D eigenvalue weighted by molar-refractivity contribution is 5.86. The van der Waals surface area contributed by atoms with Crippen LogP contribution in [0.15, 0.2) is 0 Å². The summed E-state index contributed by atoms with van der Waals surface area (Å²) in [6.07, 6.45) is 0. The molecule has 0 aromatic rings. The number of primary amides is 1. The van der Waals surface area contributed by atoms with Gasteiger partial charge in [0.05, 0.1) is 11.6 Å². The molecule has 2 fully saturated rings. The molecule has 2 aliphatic heterocycles. The first-order valence-corrected chi connectivity index (χ1v) is 5.25. The number of rotatable bonds is 1. The van der Waals surface area contributed by atoms with Gasteiger partial charge in [-0.25, -0.2) is 0 Å². The highest BCUT2D eigenvalue weighted by Crippen LogP contribution is 2.45. The van der Waals surface area contributed by atoms with Crippen LogP contribution in [-0.4, -0.2) is 41.3 Å². The van der Waals surface area contributed by atoms with Crippen LogP contribution in [0.4, 0.5) is 0 Å². The second-order valence-electron chi connectivity index (χ2n) is 5.68. The number of aliphatic hydroxyl groups is 1. The summed E-state index contributed by atoms with van der Waals surface area (Å²) in [4.78, 5) is 11.3. The van der Waals surface area contributed by atoms with Crippen molar-refractivity contribution in [3.63, 3.8) is 0 Å². The molecule has 0 saturated carbocycles. The average molecular weight is 213 g/mol. The third-order valence-electron chi connectivity index (χ3n) is 3.99. The van der Waals surface area contributed by atoms with Crippen LogP contribution < -0.4 is 16.4 Å². The van der Waals surface area contributed by atoms with Crippen LogP contribution in [0.3, 0.4) is 0 Å². The van der Waals surface area contributed by atoms with Crippen molar-refractivity contribution in [1.29, 1.82) is 0 Å². The highest BCUT2D eigenvalue weighted by atomic mass is 16.3.